The van der Waals surface area contributed by atoms with Gasteiger partial charge >= 0.3 is 0 Å². The normalized spacial score (nSPS) is 37.0. The molecule has 1 amide bonds. The largest absolute Gasteiger partial charge is 0.396 e. The summed E-state index contributed by atoms with van der Waals surface area (Å²) in [6.45, 7) is 6.68. The fourth-order valence-corrected chi connectivity index (χ4v) is 6.89. The summed E-state index contributed by atoms with van der Waals surface area (Å²) < 4.78 is 5.40. The monoisotopic (exact) mass is 423 g/mol. The first-order valence-electron chi connectivity index (χ1n) is 10.6. The molecule has 1 saturated carbocycles. The van der Waals surface area contributed by atoms with E-state index in [1.165, 1.54) is 4.88 Å². The van der Waals surface area contributed by atoms with E-state index >= 15 is 0 Å². The zero-order valence-corrected chi connectivity index (χ0v) is 18.4. The van der Waals surface area contributed by atoms with Gasteiger partial charge in [0.2, 0.25) is 5.91 Å². The lowest BCUT2D eigenvalue weighted by molar-refractivity contribution is -0.149. The van der Waals surface area contributed by atoms with Crippen LogP contribution in [0.3, 0.4) is 0 Å². The van der Waals surface area contributed by atoms with E-state index in [1.807, 2.05) is 18.9 Å². The van der Waals surface area contributed by atoms with E-state index in [-0.39, 0.29) is 29.8 Å². The van der Waals surface area contributed by atoms with Crippen LogP contribution in [0.15, 0.2) is 0 Å². The first kappa shape index (κ1) is 21.0. The van der Waals surface area contributed by atoms with Gasteiger partial charge in [0.15, 0.2) is 5.13 Å². The van der Waals surface area contributed by atoms with E-state index in [2.05, 4.69) is 12.2 Å². The Morgan fingerprint density at radius 2 is 2.10 bits per heavy atom. The number of ether oxygens (including phenoxy) is 1. The molecule has 1 aliphatic heterocycles. The van der Waals surface area contributed by atoms with Crippen LogP contribution in [0, 0.1) is 16.7 Å². The molecule has 7 nitrogen and oxygen atoms in total. The van der Waals surface area contributed by atoms with Crippen LogP contribution < -0.4 is 5.32 Å². The third kappa shape index (κ3) is 3.38. The highest BCUT2D eigenvalue weighted by atomic mass is 32.1. The molecular weight excluding hydrogens is 390 g/mol. The number of amides is 1. The molecule has 2 heterocycles. The number of hydrogen-bond acceptors (Lipinski definition) is 7. The van der Waals surface area contributed by atoms with E-state index in [0.717, 1.165) is 23.7 Å². The number of hydrogen-bond donors (Lipinski definition) is 3. The molecule has 3 N–H and O–H groups in total. The Morgan fingerprint density at radius 1 is 1.38 bits per heavy atom. The number of carbonyl (C=O) groups excluding carboxylic acids is 1. The van der Waals surface area contributed by atoms with Crippen LogP contribution in [-0.2, 0) is 16.0 Å². The summed E-state index contributed by atoms with van der Waals surface area (Å²) in [5.74, 6) is 0.245. The second-order valence-electron chi connectivity index (χ2n) is 9.31. The number of aliphatic hydroxyl groups excluding tert-OH is 2. The van der Waals surface area contributed by atoms with E-state index in [0.29, 0.717) is 39.1 Å². The van der Waals surface area contributed by atoms with Gasteiger partial charge in [-0.25, -0.2) is 4.98 Å². The number of aromatic nitrogens is 1. The van der Waals surface area contributed by atoms with Crippen molar-refractivity contribution in [3.63, 3.8) is 0 Å². The molecule has 5 atom stereocenters. The number of nitrogens with one attached hydrogen (secondary N) is 1. The molecule has 5 unspecified atom stereocenters. The quantitative estimate of drug-likeness (QED) is 0.684. The average Bonchev–Trinajstić information content (AvgIpc) is 3.16. The minimum absolute atomic E-state index is 0.0108. The molecule has 1 saturated heterocycles. The highest BCUT2D eigenvalue weighted by Gasteiger charge is 2.59. The van der Waals surface area contributed by atoms with Crippen molar-refractivity contribution < 1.29 is 19.7 Å². The Bertz CT molecular complexity index is 765. The molecule has 29 heavy (non-hydrogen) atoms. The predicted molar refractivity (Wildman–Crippen MR) is 112 cm³/mol. The standard InChI is InChI=1S/C21H33N3O4S/c1-20-5-4-16(26)21(2,12-25)15(20)11-14-18(23-19(22-3)29-14)13(20)10-17(27)24-6-8-28-9-7-24/h13,15-16,25-26H,4-12H2,1-3H3,(H,22,23). The van der Waals surface area contributed by atoms with Crippen molar-refractivity contribution in [2.24, 2.45) is 16.7 Å². The van der Waals surface area contributed by atoms with Gasteiger partial charge in [0.25, 0.3) is 0 Å². The maximum absolute atomic E-state index is 13.2. The number of aliphatic hydroxyl groups is 2. The van der Waals surface area contributed by atoms with Gasteiger partial charge in [0.1, 0.15) is 0 Å². The maximum atomic E-state index is 13.2. The summed E-state index contributed by atoms with van der Waals surface area (Å²) in [6.07, 6.45) is 2.16. The molecule has 1 aromatic rings. The summed E-state index contributed by atoms with van der Waals surface area (Å²) in [4.78, 5) is 21.2. The molecule has 162 valence electrons. The molecule has 2 fully saturated rings. The summed E-state index contributed by atoms with van der Waals surface area (Å²) in [7, 11) is 1.87. The number of carbonyl (C=O) groups is 1. The van der Waals surface area contributed by atoms with Crippen LogP contribution in [0.5, 0.6) is 0 Å². The number of nitrogens with zero attached hydrogens (tertiary/aromatic N) is 2. The average molecular weight is 424 g/mol. The molecule has 0 spiro atoms. The first-order chi connectivity index (χ1) is 13.8. The minimum atomic E-state index is -0.575. The van der Waals surface area contributed by atoms with Crippen molar-refractivity contribution in [2.75, 3.05) is 45.3 Å². The Morgan fingerprint density at radius 3 is 2.76 bits per heavy atom. The van der Waals surface area contributed by atoms with Gasteiger partial charge in [-0.05, 0) is 30.6 Å². The molecule has 0 aromatic carbocycles. The number of thiazole rings is 1. The lowest BCUT2D eigenvalue weighted by Crippen LogP contribution is -2.58. The Kier molecular flexibility index (Phi) is 5.65. The summed E-state index contributed by atoms with van der Waals surface area (Å²) in [5, 5.41) is 25.1. The second kappa shape index (κ2) is 7.80. The van der Waals surface area contributed by atoms with Gasteiger partial charge in [0.05, 0.1) is 31.6 Å². The number of fused-ring (bicyclic) bond motifs is 2. The molecular formula is C21H33N3O4S. The smallest absolute Gasteiger partial charge is 0.223 e. The fraction of sp³-hybridized carbons (Fsp3) is 0.810. The fourth-order valence-electron chi connectivity index (χ4n) is 5.87. The van der Waals surface area contributed by atoms with Crippen LogP contribution in [0.1, 0.15) is 49.6 Å². The molecule has 0 radical (unpaired) electrons. The lowest BCUT2D eigenvalue weighted by Gasteiger charge is -2.58. The van der Waals surface area contributed by atoms with Gasteiger partial charge in [-0.3, -0.25) is 4.79 Å². The van der Waals surface area contributed by atoms with Gasteiger partial charge in [-0.15, -0.1) is 11.3 Å². The van der Waals surface area contributed by atoms with E-state index in [9.17, 15) is 15.0 Å². The highest BCUT2D eigenvalue weighted by Crippen LogP contribution is 2.62. The summed E-state index contributed by atoms with van der Waals surface area (Å²) >= 11 is 1.64. The second-order valence-corrected chi connectivity index (χ2v) is 10.4. The highest BCUT2D eigenvalue weighted by molar-refractivity contribution is 7.15. The van der Waals surface area contributed by atoms with Crippen molar-refractivity contribution in [3.05, 3.63) is 10.6 Å². The third-order valence-corrected chi connectivity index (χ3v) is 8.96. The molecule has 0 bridgehead atoms. The van der Waals surface area contributed by atoms with Gasteiger partial charge in [-0.2, -0.15) is 0 Å². The van der Waals surface area contributed by atoms with E-state index in [1.54, 1.807) is 11.3 Å². The first-order valence-corrected chi connectivity index (χ1v) is 11.5. The van der Waals surface area contributed by atoms with Crippen LogP contribution in [0.4, 0.5) is 5.13 Å². The van der Waals surface area contributed by atoms with Crippen molar-refractivity contribution in [1.82, 2.24) is 9.88 Å². The van der Waals surface area contributed by atoms with Crippen molar-refractivity contribution in [1.29, 1.82) is 0 Å². The van der Waals surface area contributed by atoms with Crippen molar-refractivity contribution in [3.8, 4) is 0 Å². The van der Waals surface area contributed by atoms with E-state index in [4.69, 9.17) is 9.72 Å². The zero-order chi connectivity index (χ0) is 20.8. The zero-order valence-electron chi connectivity index (χ0n) is 17.6. The number of morpholine rings is 1. The van der Waals surface area contributed by atoms with Crippen LogP contribution in [-0.4, -0.2) is 72.1 Å². The van der Waals surface area contributed by atoms with Crippen LogP contribution in [0.2, 0.25) is 0 Å². The van der Waals surface area contributed by atoms with Gasteiger partial charge < -0.3 is 25.2 Å². The summed E-state index contributed by atoms with van der Waals surface area (Å²) in [5.41, 5.74) is 0.274. The molecule has 4 rings (SSSR count). The number of anilines is 1. The topological polar surface area (TPSA) is 94.9 Å². The van der Waals surface area contributed by atoms with Gasteiger partial charge in [-0.1, -0.05) is 13.8 Å². The van der Waals surface area contributed by atoms with Crippen LogP contribution >= 0.6 is 11.3 Å². The van der Waals surface area contributed by atoms with Crippen molar-refractivity contribution >= 4 is 22.4 Å². The Labute approximate surface area is 176 Å². The van der Waals surface area contributed by atoms with Crippen molar-refractivity contribution in [2.45, 2.75) is 51.6 Å². The lowest BCUT2D eigenvalue weighted by atomic mass is 9.47. The molecule has 8 heteroatoms. The van der Waals surface area contributed by atoms with Crippen LogP contribution in [0.25, 0.3) is 0 Å². The molecule has 2 aliphatic carbocycles. The van der Waals surface area contributed by atoms with E-state index < -0.39 is 11.5 Å². The number of rotatable bonds is 4. The molecule has 3 aliphatic rings. The summed E-state index contributed by atoms with van der Waals surface area (Å²) in [6, 6.07) is 0. The third-order valence-electron chi connectivity index (χ3n) is 7.85. The Hall–Kier alpha value is -1.22. The maximum Gasteiger partial charge on any atom is 0.223 e. The minimum Gasteiger partial charge on any atom is -0.396 e. The van der Waals surface area contributed by atoms with Gasteiger partial charge in [0, 0.05) is 42.8 Å². The molecule has 1 aromatic heterocycles. The SMILES string of the molecule is CNc1nc2c(s1)CC1C(C)(CO)C(O)CCC1(C)C2CC(=O)N1CCOCC1. The Balaban J connectivity index is 1.72. The predicted octanol–water partition coefficient (Wildman–Crippen LogP) is 1.85.